The van der Waals surface area contributed by atoms with Crippen LogP contribution in [0.1, 0.15) is 105 Å². The molecule has 2 aromatic carbocycles. The van der Waals surface area contributed by atoms with Gasteiger partial charge in [-0.3, -0.25) is 9.59 Å². The Bertz CT molecular complexity index is 3830. The van der Waals surface area contributed by atoms with E-state index < -0.39 is 17.8 Å². The molecule has 6 aliphatic rings. The number of halogens is 1. The van der Waals surface area contributed by atoms with Gasteiger partial charge in [-0.05, 0) is 163 Å². The number of nitrogens with zero attached hydrogens (tertiary/aromatic N) is 10. The number of carbonyl (C=O) groups is 2. The zero-order chi connectivity index (χ0) is 56.0. The minimum atomic E-state index is -1.18. The van der Waals surface area contributed by atoms with Crippen LogP contribution >= 0.6 is 0 Å². The number of benzene rings is 2. The number of likely N-dealkylation sites (tertiary alicyclic amines) is 2. The molecule has 6 fully saturated rings. The van der Waals surface area contributed by atoms with Crippen molar-refractivity contribution >= 4 is 61.8 Å². The van der Waals surface area contributed by atoms with Crippen LogP contribution in [0.4, 0.5) is 10.2 Å². The Labute approximate surface area is 469 Å². The van der Waals surface area contributed by atoms with Crippen LogP contribution in [-0.2, 0) is 37.0 Å². The first-order valence-corrected chi connectivity index (χ1v) is 29.1. The second kappa shape index (κ2) is 19.3. The third-order valence-corrected chi connectivity index (χ3v) is 18.8. The van der Waals surface area contributed by atoms with Crippen molar-refractivity contribution < 1.29 is 33.3 Å². The lowest BCUT2D eigenvalue weighted by atomic mass is 9.72. The quantitative estimate of drug-likeness (QED) is 0.0831. The summed E-state index contributed by atoms with van der Waals surface area (Å²) in [5.41, 5.74) is 12.9. The fraction of sp³-hybridized carbons (Fsp3) is 0.516. The van der Waals surface area contributed by atoms with Gasteiger partial charge in [-0.1, -0.05) is 0 Å². The number of nitrogens with two attached hydrogens (primary N) is 1. The average Bonchev–Trinajstić information content (AvgIpc) is 3.98. The summed E-state index contributed by atoms with van der Waals surface area (Å²) < 4.78 is 41.7. The van der Waals surface area contributed by atoms with Crippen molar-refractivity contribution in [1.82, 2.24) is 48.0 Å². The van der Waals surface area contributed by atoms with Gasteiger partial charge in [0.05, 0.1) is 66.6 Å². The summed E-state index contributed by atoms with van der Waals surface area (Å²) in [6.07, 6.45) is 7.31. The van der Waals surface area contributed by atoms with E-state index in [0.29, 0.717) is 70.2 Å². The zero-order valence-electron chi connectivity index (χ0n) is 47.4. The number of ether oxygens (including phenoxy) is 3. The molecule has 4 aliphatic carbocycles. The molecule has 424 valence electrons. The molecular formula is C62H73FN12O6. The highest BCUT2D eigenvalue weighted by Crippen LogP contribution is 2.46. The van der Waals surface area contributed by atoms with Gasteiger partial charge in [-0.2, -0.15) is 0 Å². The number of rotatable bonds is 16. The van der Waals surface area contributed by atoms with E-state index in [4.69, 9.17) is 39.9 Å². The molecule has 18 nitrogen and oxygen atoms in total. The number of alkyl halides is 1. The molecule has 2 bridgehead atoms. The Morgan fingerprint density at radius 2 is 1.33 bits per heavy atom. The topological polar surface area (TPSA) is 198 Å². The van der Waals surface area contributed by atoms with Gasteiger partial charge in [0.1, 0.15) is 51.4 Å². The second-order valence-corrected chi connectivity index (χ2v) is 25.3. The van der Waals surface area contributed by atoms with Crippen molar-refractivity contribution in [3.05, 3.63) is 77.5 Å². The molecule has 14 rings (SSSR count). The second-order valence-electron chi connectivity index (χ2n) is 25.3. The van der Waals surface area contributed by atoms with Crippen molar-refractivity contribution in [3.63, 3.8) is 0 Å². The van der Waals surface area contributed by atoms with Crippen molar-refractivity contribution in [2.45, 2.75) is 134 Å². The molecule has 8 aromatic rings. The lowest BCUT2D eigenvalue weighted by Gasteiger charge is -2.44. The largest absolute Gasteiger partial charge is 0.494 e. The molecule has 6 aromatic heterocycles. The van der Waals surface area contributed by atoms with Crippen LogP contribution in [0.2, 0.25) is 0 Å². The summed E-state index contributed by atoms with van der Waals surface area (Å²) in [6, 6.07) is 19.3. The highest BCUT2D eigenvalue weighted by molar-refractivity contribution is 6.02. The van der Waals surface area contributed by atoms with Crippen LogP contribution in [-0.4, -0.2) is 136 Å². The summed E-state index contributed by atoms with van der Waals surface area (Å²) in [7, 11) is 7.03. The van der Waals surface area contributed by atoms with Crippen LogP contribution in [0.3, 0.4) is 0 Å². The van der Waals surface area contributed by atoms with E-state index >= 15 is 0 Å². The maximum absolute atomic E-state index is 14.9. The highest BCUT2D eigenvalue weighted by atomic mass is 19.1. The van der Waals surface area contributed by atoms with Gasteiger partial charge in [-0.25, -0.2) is 24.3 Å². The van der Waals surface area contributed by atoms with E-state index in [2.05, 4.69) is 54.8 Å². The summed E-state index contributed by atoms with van der Waals surface area (Å²) in [4.78, 5) is 53.5. The van der Waals surface area contributed by atoms with Gasteiger partial charge in [0.15, 0.2) is 11.6 Å². The third kappa shape index (κ3) is 9.08. The monoisotopic (exact) mass is 1100 g/mol. The Morgan fingerprint density at radius 3 is 1.98 bits per heavy atom. The molecular weight excluding hydrogens is 1030 g/mol. The normalized spacial score (nSPS) is 24.8. The Kier molecular flexibility index (Phi) is 12.4. The number of carbonyl (C=O) groups excluding carboxylic acids is 2. The number of aliphatic hydroxyl groups is 1. The van der Waals surface area contributed by atoms with Crippen LogP contribution in [0.5, 0.6) is 11.5 Å². The average molecular weight is 1100 g/mol. The number of hydrogen-bond acceptors (Lipinski definition) is 12. The van der Waals surface area contributed by atoms with Crippen molar-refractivity contribution in [2.75, 3.05) is 46.3 Å². The van der Waals surface area contributed by atoms with Gasteiger partial charge in [0.25, 0.3) is 11.8 Å². The molecule has 2 aliphatic heterocycles. The maximum Gasteiger partial charge on any atom is 0.254 e. The minimum absolute atomic E-state index is 0.00140. The van der Waals surface area contributed by atoms with Crippen LogP contribution < -0.4 is 20.5 Å². The molecule has 4 saturated carbocycles. The smallest absolute Gasteiger partial charge is 0.254 e. The number of amides is 2. The summed E-state index contributed by atoms with van der Waals surface area (Å²) in [6.45, 7) is 8.83. The van der Waals surface area contributed by atoms with Crippen LogP contribution in [0, 0.1) is 23.7 Å². The fourth-order valence-corrected chi connectivity index (χ4v) is 14.2. The Morgan fingerprint density at radius 1 is 0.728 bits per heavy atom. The van der Waals surface area contributed by atoms with Gasteiger partial charge >= 0.3 is 0 Å². The first kappa shape index (κ1) is 52.0. The first-order chi connectivity index (χ1) is 38.9. The number of methoxy groups -OCH3 is 3. The number of fused-ring (bicyclic) bond motifs is 6. The predicted octanol–water partition coefficient (Wildman–Crippen LogP) is 9.06. The lowest BCUT2D eigenvalue weighted by Crippen LogP contribution is -2.50. The van der Waals surface area contributed by atoms with Crippen molar-refractivity contribution in [2.24, 2.45) is 36.5 Å². The molecule has 81 heavy (non-hydrogen) atoms. The number of anilines is 1. The summed E-state index contributed by atoms with van der Waals surface area (Å²) in [5.74, 6) is 4.66. The van der Waals surface area contributed by atoms with Crippen molar-refractivity contribution in [1.29, 1.82) is 0 Å². The van der Waals surface area contributed by atoms with Gasteiger partial charge < -0.3 is 58.4 Å². The maximum atomic E-state index is 14.9. The van der Waals surface area contributed by atoms with E-state index in [1.54, 1.807) is 41.2 Å². The minimum Gasteiger partial charge on any atom is -0.494 e. The summed E-state index contributed by atoms with van der Waals surface area (Å²) >= 11 is 0. The highest BCUT2D eigenvalue weighted by Gasteiger charge is 2.49. The SMILES string of the molecule is COc1cc(C(=O)N2C[C@H]3CC[C@@H]2[C@@H]3Nc2ccc3cc(-c4nc5cc(C(=O)N6C[C@H](N)C[C@@H](F)C6)cc(OC)c5n4C[C@H]4C[C@@](C)(OC)C4)n(CC4CC4)c3n2)cc2nc(-c3cc4ccc(C(C)(C)O)nc4n3CC3CC3)n(C)c12. The summed E-state index contributed by atoms with van der Waals surface area (Å²) in [5, 5.41) is 16.7. The zero-order valence-corrected chi connectivity index (χ0v) is 47.4. The molecule has 0 radical (unpaired) electrons. The number of piperidine rings is 2. The number of pyridine rings is 2. The number of aryl methyl sites for hydroxylation is 1. The molecule has 5 atom stereocenters. The van der Waals surface area contributed by atoms with E-state index in [9.17, 15) is 19.1 Å². The molecule has 8 heterocycles. The molecule has 2 amide bonds. The third-order valence-electron chi connectivity index (χ3n) is 18.8. The molecule has 4 N–H and O–H groups in total. The fourth-order valence-electron chi connectivity index (χ4n) is 14.2. The van der Waals surface area contributed by atoms with Gasteiger partial charge in [0.2, 0.25) is 0 Å². The number of hydrogen-bond donors (Lipinski definition) is 3. The number of imidazole rings is 2. The van der Waals surface area contributed by atoms with Gasteiger partial charge in [0, 0.05) is 74.8 Å². The first-order valence-electron chi connectivity index (χ1n) is 29.1. The van der Waals surface area contributed by atoms with E-state index in [-0.39, 0.29) is 54.9 Å². The molecule has 0 spiro atoms. The van der Waals surface area contributed by atoms with Crippen LogP contribution in [0.15, 0.2) is 60.7 Å². The molecule has 19 heteroatoms. The molecule has 0 unspecified atom stereocenters. The van der Waals surface area contributed by atoms with E-state index in [0.717, 1.165) is 126 Å². The predicted molar refractivity (Wildman–Crippen MR) is 308 cm³/mol. The Balaban J connectivity index is 0.772. The number of nitrogens with one attached hydrogen (secondary N) is 1. The number of aromatic nitrogens is 8. The van der Waals surface area contributed by atoms with Gasteiger partial charge in [-0.15, -0.1) is 0 Å². The van der Waals surface area contributed by atoms with E-state index in [1.165, 1.54) is 4.90 Å². The van der Waals surface area contributed by atoms with Crippen molar-refractivity contribution in [3.8, 4) is 34.5 Å². The van der Waals surface area contributed by atoms with Crippen LogP contribution in [0.25, 0.3) is 67.2 Å². The molecule has 2 saturated heterocycles. The Hall–Kier alpha value is -7.09. The lowest BCUT2D eigenvalue weighted by molar-refractivity contribution is -0.0937. The standard InChI is InChI=1S/C62H73FN12O6/c1-61(2,78)50-16-13-36-20-46(72(55(36)67-50)27-33-8-9-33)57-65-43-19-40(23-48(79-5)53(43)70(57)4)60(77)74-30-38-12-15-45(74)52(38)68-51-17-14-37-21-47(73(56(37)69-51)28-34-10-11-34)58-66-44-18-39(59(76)71-31-41(63)24-42(64)32-71)22-49(80-6)54(44)75(58)29-35-25-62(3,26-35)81-7/h13-14,16-23,33-35,38,41-42,45,52,78H,8-12,15,24-32,64H2,1-7H3,(H,68,69)/t35-,38-,41-,42-,45-,52-,62+/m1/s1. The van der Waals surface area contributed by atoms with E-state index in [1.807, 2.05) is 42.3 Å².